The van der Waals surface area contributed by atoms with Gasteiger partial charge < -0.3 is 43.4 Å². The van der Waals surface area contributed by atoms with Crippen LogP contribution < -0.4 is 33.2 Å². The molecule has 0 radical (unpaired) electrons. The van der Waals surface area contributed by atoms with Gasteiger partial charge in [0.2, 0.25) is 17.7 Å². The summed E-state index contributed by atoms with van der Waals surface area (Å²) in [4.78, 5) is 51.9. The number of nitrogens with two attached hydrogens (primary N) is 3. The van der Waals surface area contributed by atoms with E-state index in [0.717, 1.165) is 0 Å². The van der Waals surface area contributed by atoms with Crippen molar-refractivity contribution in [2.24, 2.45) is 28.1 Å². The first-order chi connectivity index (χ1) is 13.9. The van der Waals surface area contributed by atoms with Gasteiger partial charge in [0.15, 0.2) is 5.96 Å². The van der Waals surface area contributed by atoms with Crippen LogP contribution in [0.15, 0.2) is 4.99 Å². The minimum Gasteiger partial charge on any atom is -0.480 e. The minimum atomic E-state index is -1.21. The topological polar surface area (TPSA) is 235 Å². The molecular formula is C17H33N7O6. The van der Waals surface area contributed by atoms with Crippen LogP contribution in [0.25, 0.3) is 0 Å². The quantitative estimate of drug-likeness (QED) is 0.0821. The fraction of sp³-hybridized carbons (Fsp3) is 0.706. The molecule has 0 aliphatic rings. The van der Waals surface area contributed by atoms with Crippen LogP contribution in [0.1, 0.15) is 33.6 Å². The molecule has 0 spiro atoms. The van der Waals surface area contributed by atoms with Crippen molar-refractivity contribution in [3.05, 3.63) is 0 Å². The van der Waals surface area contributed by atoms with Gasteiger partial charge in [0, 0.05) is 6.54 Å². The molecular weight excluding hydrogens is 398 g/mol. The van der Waals surface area contributed by atoms with Crippen molar-refractivity contribution in [1.82, 2.24) is 16.0 Å². The van der Waals surface area contributed by atoms with Crippen molar-refractivity contribution in [2.45, 2.75) is 57.8 Å². The molecule has 0 aromatic heterocycles. The average Bonchev–Trinajstić information content (AvgIpc) is 2.66. The van der Waals surface area contributed by atoms with Crippen molar-refractivity contribution in [3.8, 4) is 0 Å². The molecule has 0 aromatic rings. The molecule has 13 nitrogen and oxygen atoms in total. The van der Waals surface area contributed by atoms with E-state index in [1.807, 2.05) is 0 Å². The van der Waals surface area contributed by atoms with Crippen LogP contribution >= 0.6 is 0 Å². The fourth-order valence-corrected chi connectivity index (χ4v) is 2.31. The maximum Gasteiger partial charge on any atom is 0.326 e. The summed E-state index contributed by atoms with van der Waals surface area (Å²) >= 11 is 0. The Bertz CT molecular complexity index is 636. The zero-order valence-corrected chi connectivity index (χ0v) is 17.4. The Hall–Kier alpha value is -2.93. The third kappa shape index (κ3) is 10.0. The standard InChI is InChI=1S/C17H33N7O6/c1-8(2)12(16(29)30)24-15(28)11(5-4-6-21-17(19)20)23-13(26)9(3)22-14(27)10(18)7-25/h8-12,25H,4-7,18H2,1-3H3,(H,22,27)(H,23,26)(H,24,28)(H,29,30)(H4,19,20,21). The van der Waals surface area contributed by atoms with E-state index in [1.54, 1.807) is 13.8 Å². The highest BCUT2D eigenvalue weighted by atomic mass is 16.4. The number of nitrogens with zero attached hydrogens (tertiary/aromatic N) is 1. The SMILES string of the molecule is CC(NC(=O)C(N)CO)C(=O)NC(CCCN=C(N)N)C(=O)NC(C(=O)O)C(C)C. The smallest absolute Gasteiger partial charge is 0.326 e. The van der Waals surface area contributed by atoms with E-state index < -0.39 is 54.5 Å². The van der Waals surface area contributed by atoms with E-state index >= 15 is 0 Å². The van der Waals surface area contributed by atoms with Gasteiger partial charge in [-0.1, -0.05) is 13.8 Å². The highest BCUT2D eigenvalue weighted by Gasteiger charge is 2.29. The second-order valence-electron chi connectivity index (χ2n) is 7.10. The summed E-state index contributed by atoms with van der Waals surface area (Å²) in [6.45, 7) is 4.24. The Kier molecular flexibility index (Phi) is 12.0. The monoisotopic (exact) mass is 431 g/mol. The summed E-state index contributed by atoms with van der Waals surface area (Å²) < 4.78 is 0. The number of hydrogen-bond donors (Lipinski definition) is 8. The molecule has 0 bridgehead atoms. The first kappa shape index (κ1) is 27.1. The molecule has 0 saturated carbocycles. The lowest BCUT2D eigenvalue weighted by molar-refractivity contribution is -0.143. The van der Waals surface area contributed by atoms with Crippen LogP contribution in [-0.2, 0) is 19.2 Å². The summed E-state index contributed by atoms with van der Waals surface area (Å²) in [6.07, 6.45) is 0.446. The largest absolute Gasteiger partial charge is 0.480 e. The Balaban J connectivity index is 5.20. The van der Waals surface area contributed by atoms with E-state index in [4.69, 9.17) is 22.3 Å². The van der Waals surface area contributed by atoms with Crippen LogP contribution in [0.5, 0.6) is 0 Å². The number of carboxylic acids is 1. The van der Waals surface area contributed by atoms with E-state index in [2.05, 4.69) is 20.9 Å². The second-order valence-corrected chi connectivity index (χ2v) is 7.10. The van der Waals surface area contributed by atoms with Crippen LogP contribution in [-0.4, -0.2) is 77.2 Å². The number of carbonyl (C=O) groups excluding carboxylic acids is 3. The first-order valence-electron chi connectivity index (χ1n) is 9.46. The van der Waals surface area contributed by atoms with Gasteiger partial charge in [-0.15, -0.1) is 0 Å². The number of aliphatic imine (C=N–C) groups is 1. The highest BCUT2D eigenvalue weighted by molar-refractivity contribution is 5.93. The van der Waals surface area contributed by atoms with Crippen LogP contribution in [0.3, 0.4) is 0 Å². The lowest BCUT2D eigenvalue weighted by Gasteiger charge is -2.24. The van der Waals surface area contributed by atoms with Gasteiger partial charge >= 0.3 is 5.97 Å². The number of hydrogen-bond acceptors (Lipinski definition) is 7. The Labute approximate surface area is 174 Å². The summed E-state index contributed by atoms with van der Waals surface area (Å²) in [6, 6.07) is -4.47. The summed E-state index contributed by atoms with van der Waals surface area (Å²) in [5.41, 5.74) is 15.9. The molecule has 11 N–H and O–H groups in total. The number of aliphatic hydroxyl groups excluding tert-OH is 1. The molecule has 30 heavy (non-hydrogen) atoms. The molecule has 0 heterocycles. The molecule has 13 heteroatoms. The Morgan fingerprint density at radius 1 is 0.967 bits per heavy atom. The van der Waals surface area contributed by atoms with Crippen molar-refractivity contribution in [1.29, 1.82) is 0 Å². The number of carbonyl (C=O) groups is 4. The van der Waals surface area contributed by atoms with E-state index in [0.29, 0.717) is 6.42 Å². The minimum absolute atomic E-state index is 0.121. The van der Waals surface area contributed by atoms with Crippen LogP contribution in [0.2, 0.25) is 0 Å². The Morgan fingerprint density at radius 2 is 1.57 bits per heavy atom. The van der Waals surface area contributed by atoms with Gasteiger partial charge in [0.1, 0.15) is 24.2 Å². The molecule has 172 valence electrons. The summed E-state index contributed by atoms with van der Waals surface area (Å²) in [5, 5.41) is 25.4. The number of nitrogens with one attached hydrogen (secondary N) is 3. The number of rotatable bonds is 13. The van der Waals surface area contributed by atoms with E-state index in [1.165, 1.54) is 6.92 Å². The maximum absolute atomic E-state index is 12.6. The second kappa shape index (κ2) is 13.3. The van der Waals surface area contributed by atoms with Gasteiger partial charge in [-0.3, -0.25) is 19.4 Å². The molecule has 0 rings (SSSR count). The summed E-state index contributed by atoms with van der Waals surface area (Å²) in [5.74, 6) is -3.83. The van der Waals surface area contributed by atoms with Gasteiger partial charge in [-0.25, -0.2) is 4.79 Å². The highest BCUT2D eigenvalue weighted by Crippen LogP contribution is 2.05. The average molecular weight is 431 g/mol. The lowest BCUT2D eigenvalue weighted by atomic mass is 10.0. The van der Waals surface area contributed by atoms with Gasteiger partial charge in [0.25, 0.3) is 0 Å². The fourth-order valence-electron chi connectivity index (χ4n) is 2.31. The number of aliphatic hydroxyl groups is 1. The lowest BCUT2D eigenvalue weighted by Crippen LogP contribution is -2.57. The molecule has 3 amide bonds. The van der Waals surface area contributed by atoms with Crippen LogP contribution in [0, 0.1) is 5.92 Å². The third-order valence-electron chi connectivity index (χ3n) is 4.09. The molecule has 0 aliphatic heterocycles. The van der Waals surface area contributed by atoms with E-state index in [9.17, 15) is 24.3 Å². The van der Waals surface area contributed by atoms with E-state index in [-0.39, 0.29) is 24.8 Å². The van der Waals surface area contributed by atoms with Gasteiger partial charge in [-0.05, 0) is 25.7 Å². The van der Waals surface area contributed by atoms with Crippen LogP contribution in [0.4, 0.5) is 0 Å². The van der Waals surface area contributed by atoms with Crippen molar-refractivity contribution >= 4 is 29.7 Å². The number of amides is 3. The number of carboxylic acid groups (broad SMARTS) is 1. The molecule has 0 aromatic carbocycles. The van der Waals surface area contributed by atoms with Gasteiger partial charge in [-0.2, -0.15) is 0 Å². The molecule has 4 atom stereocenters. The number of aliphatic carboxylic acids is 1. The molecule has 0 aliphatic carbocycles. The first-order valence-corrected chi connectivity index (χ1v) is 9.46. The zero-order chi connectivity index (χ0) is 23.4. The Morgan fingerprint density at radius 3 is 2.03 bits per heavy atom. The molecule has 0 saturated heterocycles. The summed E-state index contributed by atoms with van der Waals surface area (Å²) in [7, 11) is 0. The number of guanidine groups is 1. The maximum atomic E-state index is 12.6. The normalized spacial score (nSPS) is 14.7. The van der Waals surface area contributed by atoms with Crippen molar-refractivity contribution < 1.29 is 29.4 Å². The predicted octanol–water partition coefficient (Wildman–Crippen LogP) is -3.43. The van der Waals surface area contributed by atoms with Crippen molar-refractivity contribution in [2.75, 3.05) is 13.2 Å². The molecule has 4 unspecified atom stereocenters. The van der Waals surface area contributed by atoms with Crippen molar-refractivity contribution in [3.63, 3.8) is 0 Å². The third-order valence-corrected chi connectivity index (χ3v) is 4.09. The van der Waals surface area contributed by atoms with Gasteiger partial charge in [0.05, 0.1) is 6.61 Å². The zero-order valence-electron chi connectivity index (χ0n) is 17.4. The predicted molar refractivity (Wildman–Crippen MR) is 109 cm³/mol. The molecule has 0 fully saturated rings.